The van der Waals surface area contributed by atoms with Crippen molar-refractivity contribution in [3.05, 3.63) is 24.3 Å². The lowest BCUT2D eigenvalue weighted by molar-refractivity contribution is -0.390. The molecule has 0 aliphatic carbocycles. The summed E-state index contributed by atoms with van der Waals surface area (Å²) < 4.78 is 66.5. The van der Waals surface area contributed by atoms with Gasteiger partial charge >= 0.3 is 19.8 Å². The zero-order chi connectivity index (χ0) is 49.8. The predicted molar refractivity (Wildman–Crippen MR) is 220 cm³/mol. The average molecular weight is 993 g/mol. The molecule has 3 heterocycles. The SMILES string of the molecule is CC/C=C\CC(=O)OCC(COP(=O)(O)OCCNC(=O)CC(=O)NCO[C@@H]1OC(CO)[C@H](O)[C@H](O[C@@H]2OC(CO)[C@H](O)[C@H](O)C2O)C1O[C@@H]1OC(C)[C@@H](O)[C@H](O)C1O)OC(=O)C/C=C\CC. The molecule has 27 nitrogen and oxygen atoms in total. The van der Waals surface area contributed by atoms with Crippen molar-refractivity contribution in [2.24, 2.45) is 0 Å². The third kappa shape index (κ3) is 18.6. The number of aliphatic hydroxyl groups is 9. The maximum atomic E-state index is 12.7. The fourth-order valence-electron chi connectivity index (χ4n) is 6.42. The van der Waals surface area contributed by atoms with Crippen LogP contribution in [0.4, 0.5) is 0 Å². The number of hydrogen-bond acceptors (Lipinski definition) is 24. The van der Waals surface area contributed by atoms with Crippen LogP contribution in [0.3, 0.4) is 0 Å². The Morgan fingerprint density at radius 1 is 0.657 bits per heavy atom. The maximum absolute atomic E-state index is 12.7. The van der Waals surface area contributed by atoms with E-state index in [9.17, 15) is 74.6 Å². The van der Waals surface area contributed by atoms with Gasteiger partial charge in [0.05, 0.1) is 45.4 Å². The molecule has 0 radical (unpaired) electrons. The van der Waals surface area contributed by atoms with Crippen molar-refractivity contribution in [1.29, 1.82) is 0 Å². The largest absolute Gasteiger partial charge is 0.472 e. The average Bonchev–Trinajstić information content (AvgIpc) is 3.29. The van der Waals surface area contributed by atoms with E-state index >= 15 is 0 Å². The molecule has 3 aliphatic heterocycles. The number of nitrogens with one attached hydrogen (secondary N) is 2. The predicted octanol–water partition coefficient (Wildman–Crippen LogP) is -4.64. The minimum absolute atomic E-state index is 0.0566. The van der Waals surface area contributed by atoms with Gasteiger partial charge in [-0.15, -0.1) is 0 Å². The quantitative estimate of drug-likeness (QED) is 0.00919. The summed E-state index contributed by atoms with van der Waals surface area (Å²) in [5, 5.41) is 97.9. The van der Waals surface area contributed by atoms with E-state index in [1.807, 2.05) is 13.8 Å². The molecule has 0 saturated carbocycles. The van der Waals surface area contributed by atoms with Crippen LogP contribution >= 0.6 is 7.82 Å². The highest BCUT2D eigenvalue weighted by molar-refractivity contribution is 7.47. The Hall–Kier alpha value is -3.13. The lowest BCUT2D eigenvalue weighted by Crippen LogP contribution is -2.67. The van der Waals surface area contributed by atoms with E-state index in [4.69, 9.17) is 46.9 Å². The molecule has 3 rings (SSSR count). The van der Waals surface area contributed by atoms with Crippen LogP contribution in [0.5, 0.6) is 0 Å². The van der Waals surface area contributed by atoms with Crippen molar-refractivity contribution in [3.63, 3.8) is 0 Å². The molecule has 3 fully saturated rings. The highest BCUT2D eigenvalue weighted by atomic mass is 31.2. The Morgan fingerprint density at radius 2 is 1.21 bits per heavy atom. The van der Waals surface area contributed by atoms with E-state index in [2.05, 4.69) is 10.6 Å². The Bertz CT molecular complexity index is 1640. The van der Waals surface area contributed by atoms with Gasteiger partial charge in [-0.3, -0.25) is 28.2 Å². The van der Waals surface area contributed by atoms with Crippen LogP contribution in [0, 0.1) is 0 Å². The molecule has 386 valence electrons. The van der Waals surface area contributed by atoms with E-state index in [0.29, 0.717) is 12.8 Å². The number of carbonyl (C=O) groups is 4. The molecule has 67 heavy (non-hydrogen) atoms. The van der Waals surface area contributed by atoms with Crippen LogP contribution in [-0.2, 0) is 70.7 Å². The summed E-state index contributed by atoms with van der Waals surface area (Å²) in [4.78, 5) is 59.7. The molecular weight excluding hydrogens is 927 g/mol. The summed E-state index contributed by atoms with van der Waals surface area (Å²) in [7, 11) is -4.83. The molecule has 0 aromatic carbocycles. The summed E-state index contributed by atoms with van der Waals surface area (Å²) in [5.74, 6) is -3.23. The topological polar surface area (TPSA) is 404 Å². The van der Waals surface area contributed by atoms with Gasteiger partial charge in [-0.25, -0.2) is 4.57 Å². The molecule has 12 N–H and O–H groups in total. The van der Waals surface area contributed by atoms with Gasteiger partial charge in [-0.1, -0.05) is 38.2 Å². The first-order valence-corrected chi connectivity index (χ1v) is 22.9. The zero-order valence-corrected chi connectivity index (χ0v) is 38.0. The molecule has 28 heteroatoms. The minimum atomic E-state index is -4.83. The van der Waals surface area contributed by atoms with Gasteiger partial charge in [0.15, 0.2) is 25.0 Å². The summed E-state index contributed by atoms with van der Waals surface area (Å²) in [5.41, 5.74) is 0. The van der Waals surface area contributed by atoms with E-state index in [1.54, 1.807) is 24.3 Å². The van der Waals surface area contributed by atoms with Crippen LogP contribution in [0.15, 0.2) is 24.3 Å². The first-order chi connectivity index (χ1) is 31.8. The van der Waals surface area contributed by atoms with Crippen LogP contribution in [0.2, 0.25) is 0 Å². The first-order valence-electron chi connectivity index (χ1n) is 21.4. The third-order valence-corrected chi connectivity index (χ3v) is 11.1. The van der Waals surface area contributed by atoms with E-state index in [-0.39, 0.29) is 12.8 Å². The summed E-state index contributed by atoms with van der Waals surface area (Å²) in [6.45, 7) is 0.325. The minimum Gasteiger partial charge on any atom is -0.461 e. The normalized spacial score (nSPS) is 33.8. The standard InChI is InChI=1S/C39H65N2O25P/c1-4-6-8-10-26(46)57-17-21(62-27(47)11-9-7-5-2)18-60-67(55,56)59-13-12-40-24(44)14-25(45)41-19-58-39-36(66-37-33(53)31(51)28(48)20(3)61-37)35(30(50)23(16-43)64-39)65-38-34(54)32(52)29(49)22(15-42)63-38/h6-9,20-23,28-39,42-43,48-54H,4-5,10-19H2,1-3H3,(H,40,44)(H,41,45)(H,55,56)/b8-6-,9-7-/t20?,21?,22?,23?,28-,29+,30+,31+,32+,33?,34?,35+,36?,37+,38+,39-/m1/s1. The fraction of sp³-hybridized carbons (Fsp3) is 0.795. The molecule has 0 aromatic heterocycles. The lowest BCUT2D eigenvalue weighted by atomic mass is 9.96. The number of carbonyl (C=O) groups excluding carboxylic acids is 4. The summed E-state index contributed by atoms with van der Waals surface area (Å²) in [6.07, 6.45) is -20.5. The molecule has 3 saturated heterocycles. The Morgan fingerprint density at radius 3 is 1.84 bits per heavy atom. The van der Waals surface area contributed by atoms with Crippen molar-refractivity contribution in [1.82, 2.24) is 10.6 Å². The molecule has 3 aliphatic rings. The second kappa shape index (κ2) is 29.1. The number of phosphoric ester groups is 1. The highest BCUT2D eigenvalue weighted by Gasteiger charge is 2.54. The Balaban J connectivity index is 1.57. The number of phosphoric acid groups is 1. The van der Waals surface area contributed by atoms with Gasteiger partial charge in [-0.05, 0) is 19.8 Å². The molecule has 0 bridgehead atoms. The number of rotatable bonds is 27. The molecular formula is C39H65N2O25P. The van der Waals surface area contributed by atoms with Crippen LogP contribution < -0.4 is 10.6 Å². The van der Waals surface area contributed by atoms with Gasteiger partial charge in [0.2, 0.25) is 11.8 Å². The highest BCUT2D eigenvalue weighted by Crippen LogP contribution is 2.43. The molecule has 8 unspecified atom stereocenters. The smallest absolute Gasteiger partial charge is 0.461 e. The van der Waals surface area contributed by atoms with Crippen molar-refractivity contribution in [2.45, 2.75) is 151 Å². The number of hydrogen-bond donors (Lipinski definition) is 12. The second-order valence-corrected chi connectivity index (χ2v) is 16.7. The molecule has 0 spiro atoms. The van der Waals surface area contributed by atoms with Gasteiger partial charge in [0.25, 0.3) is 0 Å². The van der Waals surface area contributed by atoms with Gasteiger partial charge in [0, 0.05) is 6.54 Å². The third-order valence-electron chi connectivity index (χ3n) is 10.1. The van der Waals surface area contributed by atoms with Crippen LogP contribution in [0.25, 0.3) is 0 Å². The van der Waals surface area contributed by atoms with E-state index in [1.165, 1.54) is 6.92 Å². The lowest BCUT2D eigenvalue weighted by Gasteiger charge is -2.48. The number of amides is 2. The number of esters is 2. The summed E-state index contributed by atoms with van der Waals surface area (Å²) >= 11 is 0. The van der Waals surface area contributed by atoms with Gasteiger partial charge < -0.3 is 99.4 Å². The van der Waals surface area contributed by atoms with Crippen molar-refractivity contribution in [2.75, 3.05) is 46.3 Å². The number of aliphatic hydroxyl groups excluding tert-OH is 9. The Kier molecular flexibility index (Phi) is 25.3. The van der Waals surface area contributed by atoms with Crippen molar-refractivity contribution >= 4 is 31.6 Å². The second-order valence-electron chi connectivity index (χ2n) is 15.3. The first kappa shape index (κ1) is 58.2. The monoisotopic (exact) mass is 992 g/mol. The van der Waals surface area contributed by atoms with Crippen LogP contribution in [0.1, 0.15) is 52.9 Å². The number of ether oxygens (including phenoxy) is 8. The van der Waals surface area contributed by atoms with Crippen LogP contribution in [-0.4, -0.2) is 219 Å². The van der Waals surface area contributed by atoms with Crippen molar-refractivity contribution in [3.8, 4) is 0 Å². The molecule has 0 aromatic rings. The molecule has 2 amide bonds. The Labute approximate surface area is 385 Å². The summed E-state index contributed by atoms with van der Waals surface area (Å²) in [6, 6.07) is 0. The fourth-order valence-corrected chi connectivity index (χ4v) is 7.17. The van der Waals surface area contributed by atoms with Gasteiger partial charge in [-0.2, -0.15) is 0 Å². The van der Waals surface area contributed by atoms with E-state index in [0.717, 1.165) is 0 Å². The molecule has 17 atom stereocenters. The number of allylic oxidation sites excluding steroid dienone is 2. The maximum Gasteiger partial charge on any atom is 0.472 e. The van der Waals surface area contributed by atoms with Crippen molar-refractivity contribution < 1.29 is 122 Å². The van der Waals surface area contributed by atoms with Gasteiger partial charge in [0.1, 0.15) is 86.9 Å². The zero-order valence-electron chi connectivity index (χ0n) is 37.1. The van der Waals surface area contributed by atoms with E-state index < -0.39 is 183 Å².